The van der Waals surface area contributed by atoms with E-state index in [4.69, 9.17) is 4.74 Å². The average Bonchev–Trinajstić information content (AvgIpc) is 2.61. The highest BCUT2D eigenvalue weighted by Gasteiger charge is 2.45. The van der Waals surface area contributed by atoms with Crippen molar-refractivity contribution < 1.29 is 19.0 Å². The lowest BCUT2D eigenvalue weighted by molar-refractivity contribution is -0.144. The van der Waals surface area contributed by atoms with E-state index in [2.05, 4.69) is 0 Å². The number of aliphatic hydroxyl groups is 1. The van der Waals surface area contributed by atoms with E-state index in [1.807, 2.05) is 11.0 Å². The molecule has 0 spiro atoms. The fraction of sp³-hybridized carbons (Fsp3) is 0.632. The lowest BCUT2D eigenvalue weighted by Gasteiger charge is -2.43. The fourth-order valence-electron chi connectivity index (χ4n) is 4.02. The van der Waals surface area contributed by atoms with Gasteiger partial charge >= 0.3 is 0 Å². The summed E-state index contributed by atoms with van der Waals surface area (Å²) < 4.78 is 19.2. The zero-order valence-corrected chi connectivity index (χ0v) is 14.2. The maximum Gasteiger partial charge on any atom is 0.233 e. The molecule has 2 aliphatic heterocycles. The third-order valence-electron chi connectivity index (χ3n) is 5.56. The van der Waals surface area contributed by atoms with Gasteiger partial charge < -0.3 is 14.7 Å². The lowest BCUT2D eigenvalue weighted by atomic mass is 9.72. The van der Waals surface area contributed by atoms with Crippen LogP contribution in [0.15, 0.2) is 24.3 Å². The second-order valence-electron chi connectivity index (χ2n) is 7.10. The van der Waals surface area contributed by atoms with Crippen LogP contribution in [0.1, 0.15) is 38.2 Å². The van der Waals surface area contributed by atoms with Crippen molar-refractivity contribution in [3.8, 4) is 0 Å². The number of hydrogen-bond donors (Lipinski definition) is 1. The van der Waals surface area contributed by atoms with Crippen LogP contribution in [0.4, 0.5) is 4.39 Å². The van der Waals surface area contributed by atoms with E-state index >= 15 is 0 Å². The molecule has 4 nitrogen and oxygen atoms in total. The maximum absolute atomic E-state index is 13.8. The number of halogens is 1. The second kappa shape index (κ2) is 7.19. The van der Waals surface area contributed by atoms with E-state index < -0.39 is 11.5 Å². The number of benzene rings is 1. The first-order valence-corrected chi connectivity index (χ1v) is 8.84. The van der Waals surface area contributed by atoms with Crippen LogP contribution in [0.3, 0.4) is 0 Å². The summed E-state index contributed by atoms with van der Waals surface area (Å²) >= 11 is 0. The molecule has 3 rings (SSSR count). The molecule has 2 atom stereocenters. The normalized spacial score (nSPS) is 25.3. The number of aliphatic hydroxyl groups excluding tert-OH is 1. The van der Waals surface area contributed by atoms with Crippen LogP contribution in [0.5, 0.6) is 0 Å². The fourth-order valence-corrected chi connectivity index (χ4v) is 4.02. The number of likely N-dealkylation sites (tertiary alicyclic amines) is 1. The molecule has 2 fully saturated rings. The van der Waals surface area contributed by atoms with E-state index in [1.54, 1.807) is 13.0 Å². The number of rotatable bonds is 3. The number of carbonyl (C=O) groups excluding carboxylic acids is 1. The molecule has 0 aromatic heterocycles. The summed E-state index contributed by atoms with van der Waals surface area (Å²) in [6, 6.07) is 6.41. The molecule has 0 aliphatic carbocycles. The highest BCUT2D eigenvalue weighted by Crippen LogP contribution is 2.38. The Morgan fingerprint density at radius 3 is 2.83 bits per heavy atom. The van der Waals surface area contributed by atoms with Crippen LogP contribution >= 0.6 is 0 Å². The Kier molecular flexibility index (Phi) is 5.21. The monoisotopic (exact) mass is 335 g/mol. The largest absolute Gasteiger partial charge is 0.393 e. The molecule has 0 bridgehead atoms. The maximum atomic E-state index is 13.8. The molecule has 1 N–H and O–H groups in total. The zero-order valence-electron chi connectivity index (χ0n) is 14.2. The van der Waals surface area contributed by atoms with Crippen LogP contribution in [-0.4, -0.2) is 48.3 Å². The molecular weight excluding hydrogens is 309 g/mol. The molecule has 0 saturated carbocycles. The minimum Gasteiger partial charge on any atom is -0.393 e. The van der Waals surface area contributed by atoms with Gasteiger partial charge in [0.15, 0.2) is 0 Å². The first-order chi connectivity index (χ1) is 11.5. The van der Waals surface area contributed by atoms with Crippen molar-refractivity contribution in [2.45, 2.75) is 44.1 Å². The van der Waals surface area contributed by atoms with Crippen LogP contribution in [-0.2, 0) is 14.9 Å². The molecule has 24 heavy (non-hydrogen) atoms. The molecule has 1 aromatic carbocycles. The molecule has 1 aromatic rings. The van der Waals surface area contributed by atoms with E-state index in [9.17, 15) is 14.3 Å². The Labute approximate surface area is 142 Å². The van der Waals surface area contributed by atoms with E-state index in [-0.39, 0.29) is 17.6 Å². The minimum absolute atomic E-state index is 0.0572. The molecule has 1 amide bonds. The summed E-state index contributed by atoms with van der Waals surface area (Å²) in [4.78, 5) is 15.3. The Hall–Kier alpha value is -1.46. The summed E-state index contributed by atoms with van der Waals surface area (Å²) in [5.41, 5.74) is 0.0379. The minimum atomic E-state index is -0.707. The van der Waals surface area contributed by atoms with Gasteiger partial charge in [0.05, 0.1) is 11.5 Å². The van der Waals surface area contributed by atoms with Gasteiger partial charge in [-0.3, -0.25) is 4.79 Å². The molecule has 5 heteroatoms. The van der Waals surface area contributed by atoms with Crippen molar-refractivity contribution in [3.63, 3.8) is 0 Å². The average molecular weight is 335 g/mol. The third-order valence-corrected chi connectivity index (χ3v) is 5.56. The van der Waals surface area contributed by atoms with Crippen molar-refractivity contribution in [3.05, 3.63) is 35.6 Å². The van der Waals surface area contributed by atoms with E-state index in [0.29, 0.717) is 39.1 Å². The molecular formula is C19H26FNO3. The highest BCUT2D eigenvalue weighted by atomic mass is 19.1. The summed E-state index contributed by atoms with van der Waals surface area (Å²) in [6.07, 6.45) is 2.57. The molecule has 2 aliphatic rings. The number of ether oxygens (including phenoxy) is 1. The topological polar surface area (TPSA) is 49.8 Å². The van der Waals surface area contributed by atoms with Crippen LogP contribution in [0.25, 0.3) is 0 Å². The number of amides is 1. The summed E-state index contributed by atoms with van der Waals surface area (Å²) in [6.45, 7) is 4.09. The SMILES string of the molecule is CC(O)C1CCCN(C(=O)C2(c3cccc(F)c3)CCOCC2)C1. The van der Waals surface area contributed by atoms with Gasteiger partial charge in [0.1, 0.15) is 5.82 Å². The smallest absolute Gasteiger partial charge is 0.233 e. The molecule has 2 heterocycles. The van der Waals surface area contributed by atoms with Gasteiger partial charge in [-0.2, -0.15) is 0 Å². The van der Waals surface area contributed by atoms with Crippen molar-refractivity contribution in [1.29, 1.82) is 0 Å². The van der Waals surface area contributed by atoms with Gasteiger partial charge in [-0.1, -0.05) is 12.1 Å². The third kappa shape index (κ3) is 3.33. The lowest BCUT2D eigenvalue weighted by Crippen LogP contribution is -2.53. The first-order valence-electron chi connectivity index (χ1n) is 8.84. The van der Waals surface area contributed by atoms with Crippen LogP contribution < -0.4 is 0 Å². The summed E-state index contributed by atoms with van der Waals surface area (Å²) in [5.74, 6) is -0.138. The predicted octanol–water partition coefficient (Wildman–Crippen LogP) is 2.49. The van der Waals surface area contributed by atoms with Gasteiger partial charge in [0.25, 0.3) is 0 Å². The molecule has 2 unspecified atom stereocenters. The number of hydrogen-bond acceptors (Lipinski definition) is 3. The van der Waals surface area contributed by atoms with Crippen molar-refractivity contribution in [2.24, 2.45) is 5.92 Å². The van der Waals surface area contributed by atoms with Crippen LogP contribution in [0.2, 0.25) is 0 Å². The van der Waals surface area contributed by atoms with E-state index in [1.165, 1.54) is 12.1 Å². The standard InChI is InChI=1S/C19H26FNO3/c1-14(22)15-4-3-9-21(13-15)18(23)19(7-10-24-11-8-19)16-5-2-6-17(20)12-16/h2,5-6,12,14-15,22H,3-4,7-11,13H2,1H3. The molecule has 2 saturated heterocycles. The van der Waals surface area contributed by atoms with Crippen molar-refractivity contribution in [1.82, 2.24) is 4.90 Å². The van der Waals surface area contributed by atoms with Gasteiger partial charge in [0, 0.05) is 32.2 Å². The van der Waals surface area contributed by atoms with Gasteiger partial charge in [0.2, 0.25) is 5.91 Å². The van der Waals surface area contributed by atoms with Crippen molar-refractivity contribution >= 4 is 5.91 Å². The summed E-state index contributed by atoms with van der Waals surface area (Å²) in [7, 11) is 0. The summed E-state index contributed by atoms with van der Waals surface area (Å²) in [5, 5.41) is 9.90. The Bertz CT molecular complexity index is 584. The van der Waals surface area contributed by atoms with E-state index in [0.717, 1.165) is 18.4 Å². The van der Waals surface area contributed by atoms with Gasteiger partial charge in [-0.05, 0) is 50.3 Å². The number of carbonyl (C=O) groups is 1. The number of nitrogens with zero attached hydrogens (tertiary/aromatic N) is 1. The quantitative estimate of drug-likeness (QED) is 0.923. The van der Waals surface area contributed by atoms with Crippen molar-refractivity contribution in [2.75, 3.05) is 26.3 Å². The molecule has 0 radical (unpaired) electrons. The first kappa shape index (κ1) is 17.4. The van der Waals surface area contributed by atoms with Crippen LogP contribution in [0, 0.1) is 11.7 Å². The zero-order chi connectivity index (χ0) is 17.2. The Morgan fingerprint density at radius 1 is 1.42 bits per heavy atom. The Balaban J connectivity index is 1.89. The van der Waals surface area contributed by atoms with Gasteiger partial charge in [-0.25, -0.2) is 4.39 Å². The second-order valence-corrected chi connectivity index (χ2v) is 7.10. The predicted molar refractivity (Wildman–Crippen MR) is 89.1 cm³/mol. The number of piperidine rings is 1. The Morgan fingerprint density at radius 2 is 2.17 bits per heavy atom. The highest BCUT2D eigenvalue weighted by molar-refractivity contribution is 5.88. The molecule has 132 valence electrons. The van der Waals surface area contributed by atoms with Gasteiger partial charge in [-0.15, -0.1) is 0 Å².